The van der Waals surface area contributed by atoms with Gasteiger partial charge >= 0.3 is 0 Å². The first-order valence-corrected chi connectivity index (χ1v) is 5.72. The maximum absolute atomic E-state index is 11.5. The lowest BCUT2D eigenvalue weighted by Crippen LogP contribution is -2.07. The number of nitrogens with one attached hydrogen (secondary N) is 1. The van der Waals surface area contributed by atoms with Crippen LogP contribution in [0.15, 0.2) is 45.9 Å². The van der Waals surface area contributed by atoms with Gasteiger partial charge in [-0.05, 0) is 24.3 Å². The molecule has 2 aromatic heterocycles. The van der Waals surface area contributed by atoms with Gasteiger partial charge in [-0.3, -0.25) is 4.79 Å². The summed E-state index contributed by atoms with van der Waals surface area (Å²) in [6, 6.07) is 7.67. The molecule has 6 heteroatoms. The maximum Gasteiger partial charge on any atom is 0.292 e. The average molecular weight is 291 g/mol. The maximum atomic E-state index is 11.5. The van der Waals surface area contributed by atoms with Crippen molar-refractivity contribution in [3.05, 3.63) is 51.5 Å². The Morgan fingerprint density at radius 1 is 1.24 bits per heavy atom. The fraction of sp³-hybridized carbons (Fsp3) is 0. The Labute approximate surface area is 104 Å². The van der Waals surface area contributed by atoms with Crippen LogP contribution in [0.4, 0.5) is 0 Å². The second-order valence-electron chi connectivity index (χ2n) is 3.55. The Morgan fingerprint density at radius 3 is 2.71 bits per heavy atom. The van der Waals surface area contributed by atoms with E-state index in [2.05, 4.69) is 31.2 Å². The Bertz CT molecular complexity index is 729. The minimum absolute atomic E-state index is 0.279. The van der Waals surface area contributed by atoms with Crippen molar-refractivity contribution in [2.24, 2.45) is 0 Å². The molecule has 1 N–H and O–H groups in total. The van der Waals surface area contributed by atoms with Crippen molar-refractivity contribution in [2.75, 3.05) is 0 Å². The Kier molecular flexibility index (Phi) is 2.29. The molecule has 0 spiro atoms. The number of fused-ring (bicyclic) bond motifs is 1. The number of nitrogens with zero attached hydrogens (tertiary/aromatic N) is 3. The molecule has 3 aromatic rings. The van der Waals surface area contributed by atoms with Gasteiger partial charge in [0.15, 0.2) is 5.52 Å². The molecule has 0 aliphatic rings. The van der Waals surface area contributed by atoms with Gasteiger partial charge < -0.3 is 0 Å². The average Bonchev–Trinajstić information content (AvgIpc) is 2.75. The predicted octanol–water partition coefficient (Wildman–Crippen LogP) is 1.87. The van der Waals surface area contributed by atoms with Gasteiger partial charge in [0.2, 0.25) is 0 Å². The summed E-state index contributed by atoms with van der Waals surface area (Å²) >= 11 is 3.37. The number of rotatable bonds is 1. The predicted molar refractivity (Wildman–Crippen MR) is 67.2 cm³/mol. The van der Waals surface area contributed by atoms with Crippen molar-refractivity contribution in [2.45, 2.75) is 0 Å². The van der Waals surface area contributed by atoms with E-state index in [0.717, 1.165) is 15.5 Å². The molecule has 2 heterocycles. The molecular weight excluding hydrogens is 284 g/mol. The lowest BCUT2D eigenvalue weighted by molar-refractivity contribution is 0.891. The molecule has 0 aliphatic carbocycles. The number of aromatic nitrogens is 4. The third-order valence-corrected chi connectivity index (χ3v) is 2.95. The van der Waals surface area contributed by atoms with Crippen LogP contribution in [0.25, 0.3) is 16.6 Å². The van der Waals surface area contributed by atoms with Crippen molar-refractivity contribution in [1.29, 1.82) is 0 Å². The summed E-state index contributed by atoms with van der Waals surface area (Å²) in [6.45, 7) is 0. The number of H-pyrrole nitrogens is 1. The molecule has 0 unspecified atom stereocenters. The van der Waals surface area contributed by atoms with Gasteiger partial charge in [-0.15, -0.1) is 0 Å². The van der Waals surface area contributed by atoms with Crippen LogP contribution in [0, 0.1) is 0 Å². The Hall–Kier alpha value is -1.95. The van der Waals surface area contributed by atoms with E-state index in [0.29, 0.717) is 5.52 Å². The van der Waals surface area contributed by atoms with Crippen molar-refractivity contribution in [3.63, 3.8) is 0 Å². The monoisotopic (exact) mass is 290 g/mol. The highest BCUT2D eigenvalue weighted by atomic mass is 79.9. The van der Waals surface area contributed by atoms with Crippen molar-refractivity contribution < 1.29 is 0 Å². The van der Waals surface area contributed by atoms with E-state index in [4.69, 9.17) is 0 Å². The van der Waals surface area contributed by atoms with Gasteiger partial charge in [0.25, 0.3) is 5.56 Å². The van der Waals surface area contributed by atoms with Crippen molar-refractivity contribution in [1.82, 2.24) is 20.0 Å². The summed E-state index contributed by atoms with van der Waals surface area (Å²) in [5.41, 5.74) is 1.00. The second kappa shape index (κ2) is 3.81. The highest BCUT2D eigenvalue weighted by Gasteiger charge is 2.05. The van der Waals surface area contributed by atoms with Crippen LogP contribution in [-0.2, 0) is 0 Å². The molecule has 17 heavy (non-hydrogen) atoms. The molecule has 3 rings (SSSR count). The first-order chi connectivity index (χ1) is 8.24. The van der Waals surface area contributed by atoms with Crippen LogP contribution < -0.4 is 5.56 Å². The molecule has 84 valence electrons. The minimum Gasteiger partial charge on any atom is -0.265 e. The molecule has 0 radical (unpaired) electrons. The molecule has 5 nitrogen and oxygen atoms in total. The van der Waals surface area contributed by atoms with Crippen LogP contribution >= 0.6 is 15.9 Å². The zero-order valence-corrected chi connectivity index (χ0v) is 10.2. The molecule has 1 aromatic carbocycles. The SMILES string of the molecule is O=c1[nH]ncc2cn(-c3ccc(Br)cc3)nc12. The normalized spacial score (nSPS) is 10.9. The molecule has 0 aliphatic heterocycles. The molecule has 0 atom stereocenters. The van der Waals surface area contributed by atoms with Gasteiger partial charge in [0, 0.05) is 16.1 Å². The smallest absolute Gasteiger partial charge is 0.265 e. The third kappa shape index (κ3) is 1.76. The minimum atomic E-state index is -0.279. The molecule has 0 fully saturated rings. The van der Waals surface area contributed by atoms with Gasteiger partial charge in [0.1, 0.15) is 0 Å². The van der Waals surface area contributed by atoms with Crippen LogP contribution in [0.2, 0.25) is 0 Å². The van der Waals surface area contributed by atoms with E-state index in [9.17, 15) is 4.79 Å². The highest BCUT2D eigenvalue weighted by Crippen LogP contribution is 2.15. The van der Waals surface area contributed by atoms with Gasteiger partial charge in [0.05, 0.1) is 11.9 Å². The summed E-state index contributed by atoms with van der Waals surface area (Å²) in [7, 11) is 0. The molecule has 0 saturated carbocycles. The third-order valence-electron chi connectivity index (χ3n) is 2.42. The van der Waals surface area contributed by atoms with E-state index >= 15 is 0 Å². The van der Waals surface area contributed by atoms with Crippen LogP contribution in [0.1, 0.15) is 0 Å². The summed E-state index contributed by atoms with van der Waals surface area (Å²) in [6.07, 6.45) is 3.36. The second-order valence-corrected chi connectivity index (χ2v) is 4.47. The number of aromatic amines is 1. The first kappa shape index (κ1) is 10.2. The highest BCUT2D eigenvalue weighted by molar-refractivity contribution is 9.10. The Morgan fingerprint density at radius 2 is 2.00 bits per heavy atom. The van der Waals surface area contributed by atoms with Crippen LogP contribution in [0.5, 0.6) is 0 Å². The van der Waals surface area contributed by atoms with Gasteiger partial charge in [-0.1, -0.05) is 15.9 Å². The first-order valence-electron chi connectivity index (χ1n) is 4.93. The number of benzene rings is 1. The van der Waals surface area contributed by atoms with E-state index in [1.807, 2.05) is 24.3 Å². The number of hydrogen-bond donors (Lipinski definition) is 1. The summed E-state index contributed by atoms with van der Waals surface area (Å²) in [4.78, 5) is 11.5. The quantitative estimate of drug-likeness (QED) is 0.744. The van der Waals surface area contributed by atoms with Gasteiger partial charge in [-0.25, -0.2) is 9.78 Å². The zero-order chi connectivity index (χ0) is 11.8. The molecule has 0 bridgehead atoms. The Balaban J connectivity index is 2.21. The van der Waals surface area contributed by atoms with Gasteiger partial charge in [-0.2, -0.15) is 10.2 Å². The van der Waals surface area contributed by atoms with E-state index < -0.39 is 0 Å². The van der Waals surface area contributed by atoms with E-state index in [1.54, 1.807) is 17.1 Å². The van der Waals surface area contributed by atoms with Crippen LogP contribution in [0.3, 0.4) is 0 Å². The largest absolute Gasteiger partial charge is 0.292 e. The lowest BCUT2D eigenvalue weighted by atomic mass is 10.3. The zero-order valence-electron chi connectivity index (χ0n) is 8.59. The topological polar surface area (TPSA) is 63.6 Å². The van der Waals surface area contributed by atoms with Crippen LogP contribution in [-0.4, -0.2) is 20.0 Å². The fourth-order valence-electron chi connectivity index (χ4n) is 1.60. The van der Waals surface area contributed by atoms with Crippen molar-refractivity contribution in [3.8, 4) is 5.69 Å². The number of halogens is 1. The fourth-order valence-corrected chi connectivity index (χ4v) is 1.86. The molecular formula is C11H7BrN4O. The van der Waals surface area contributed by atoms with E-state index in [1.165, 1.54) is 0 Å². The molecule has 0 saturated heterocycles. The van der Waals surface area contributed by atoms with E-state index in [-0.39, 0.29) is 5.56 Å². The standard InChI is InChI=1S/C11H7BrN4O/c12-8-1-3-9(4-2-8)16-6-7-5-13-14-11(17)10(7)15-16/h1-6H,(H,14,17). The summed E-state index contributed by atoms with van der Waals surface area (Å²) in [5.74, 6) is 0. The molecule has 0 amide bonds. The lowest BCUT2D eigenvalue weighted by Gasteiger charge is -1.99. The number of hydrogen-bond acceptors (Lipinski definition) is 3. The summed E-state index contributed by atoms with van der Waals surface area (Å²) < 4.78 is 2.66. The summed E-state index contributed by atoms with van der Waals surface area (Å²) in [5, 5.41) is 11.0. The van der Waals surface area contributed by atoms with Crippen molar-refractivity contribution >= 4 is 26.8 Å².